The van der Waals surface area contributed by atoms with Crippen LogP contribution in [0.4, 0.5) is 21.2 Å². The number of rotatable bonds is 8. The molecule has 2 spiro atoms. The Morgan fingerprint density at radius 3 is 2.43 bits per heavy atom. The SMILES string of the molecule is C[C@H]1[C@H]([Si](C)(C)F)[C@@H](CC(=O)N2CCC[C@H]2CO)O[C@]12C(=O)N(Cc1ccc(N3CN(c4ccccc4)C4(CCNCC4)C3=O)cc1)c1ccc(Cl)cc12. The number of nitrogens with zero attached hydrogens (tertiary/aromatic N) is 4. The summed E-state index contributed by atoms with van der Waals surface area (Å²) in [6.07, 6.45) is 2.09. The van der Waals surface area contributed by atoms with Crippen LogP contribution < -0.4 is 20.0 Å². The summed E-state index contributed by atoms with van der Waals surface area (Å²) in [5.74, 6) is -0.964. The lowest BCUT2D eigenvalue weighted by Crippen LogP contribution is -2.55. The van der Waals surface area contributed by atoms with E-state index >= 15 is 4.11 Å². The lowest BCUT2D eigenvalue weighted by Gasteiger charge is -2.39. The highest BCUT2D eigenvalue weighted by Crippen LogP contribution is 2.60. The van der Waals surface area contributed by atoms with E-state index in [0.29, 0.717) is 29.5 Å². The van der Waals surface area contributed by atoms with Gasteiger partial charge in [-0.1, -0.05) is 48.9 Å². The lowest BCUT2D eigenvalue weighted by atomic mass is 9.82. The maximum absolute atomic E-state index is 16.4. The molecule has 0 radical (unpaired) electrons. The van der Waals surface area contributed by atoms with Crippen LogP contribution in [0.5, 0.6) is 0 Å². The molecule has 5 heterocycles. The molecule has 4 saturated heterocycles. The van der Waals surface area contributed by atoms with Crippen LogP contribution in [0.25, 0.3) is 0 Å². The van der Waals surface area contributed by atoms with Gasteiger partial charge in [0, 0.05) is 40.0 Å². The summed E-state index contributed by atoms with van der Waals surface area (Å²) >= 11 is 6.57. The molecule has 13 heteroatoms. The van der Waals surface area contributed by atoms with Gasteiger partial charge in [0.2, 0.25) is 14.3 Å². The highest BCUT2D eigenvalue weighted by molar-refractivity contribution is 6.72. The average molecular weight is 774 g/mol. The third-order valence-corrected chi connectivity index (χ3v) is 15.4. The molecule has 2 N–H and O–H groups in total. The molecule has 3 amide bonds. The molecule has 286 valence electrons. The minimum absolute atomic E-state index is 0.0625. The second kappa shape index (κ2) is 14.0. The number of aliphatic hydroxyl groups excluding tert-OH is 1. The number of anilines is 3. The number of halogens is 2. The molecule has 0 aliphatic carbocycles. The van der Waals surface area contributed by atoms with Gasteiger partial charge in [-0.2, -0.15) is 0 Å². The predicted octanol–water partition coefficient (Wildman–Crippen LogP) is 5.97. The summed E-state index contributed by atoms with van der Waals surface area (Å²) in [5.41, 5.74) is 1.13. The number of benzene rings is 3. The number of carbonyl (C=O) groups is 3. The topological polar surface area (TPSA) is 106 Å². The van der Waals surface area contributed by atoms with Crippen molar-refractivity contribution in [1.29, 1.82) is 0 Å². The summed E-state index contributed by atoms with van der Waals surface area (Å²) in [4.78, 5) is 50.2. The van der Waals surface area contributed by atoms with Gasteiger partial charge < -0.3 is 34.0 Å². The van der Waals surface area contributed by atoms with Gasteiger partial charge in [0.1, 0.15) is 5.54 Å². The molecule has 8 rings (SSSR count). The number of para-hydroxylation sites is 1. The Balaban J connectivity index is 1.07. The number of hydrogen-bond acceptors (Lipinski definition) is 7. The number of carbonyl (C=O) groups excluding carboxylic acids is 3. The molecule has 3 aromatic carbocycles. The normalized spacial score (nSPS) is 27.9. The molecule has 0 unspecified atom stereocenters. The first-order valence-corrected chi connectivity index (χ1v) is 22.6. The largest absolute Gasteiger partial charge is 0.394 e. The molecule has 5 aliphatic rings. The van der Waals surface area contributed by atoms with Crippen LogP contribution in [0.2, 0.25) is 23.7 Å². The van der Waals surface area contributed by atoms with Gasteiger partial charge in [0.05, 0.1) is 44.1 Å². The van der Waals surface area contributed by atoms with Crippen LogP contribution in [0.1, 0.15) is 50.2 Å². The minimum atomic E-state index is -3.49. The summed E-state index contributed by atoms with van der Waals surface area (Å²) < 4.78 is 23.2. The van der Waals surface area contributed by atoms with E-state index in [2.05, 4.69) is 22.3 Å². The van der Waals surface area contributed by atoms with Gasteiger partial charge in [-0.05, 0) is 99.9 Å². The first-order chi connectivity index (χ1) is 25.9. The Hall–Kier alpha value is -3.81. The number of ether oxygens (including phenoxy) is 1. The number of aliphatic hydroxyl groups is 1. The maximum Gasteiger partial charge on any atom is 0.264 e. The highest BCUT2D eigenvalue weighted by Gasteiger charge is 2.67. The zero-order valence-electron chi connectivity index (χ0n) is 31.1. The van der Waals surface area contributed by atoms with E-state index in [4.69, 9.17) is 16.3 Å². The first-order valence-electron chi connectivity index (χ1n) is 19.2. The fourth-order valence-corrected chi connectivity index (χ4v) is 12.8. The Morgan fingerprint density at radius 2 is 1.74 bits per heavy atom. The molecule has 0 aromatic heterocycles. The van der Waals surface area contributed by atoms with Crippen molar-refractivity contribution in [1.82, 2.24) is 10.2 Å². The zero-order chi connectivity index (χ0) is 38.0. The van der Waals surface area contributed by atoms with Crippen molar-refractivity contribution in [3.63, 3.8) is 0 Å². The van der Waals surface area contributed by atoms with Gasteiger partial charge in [0.25, 0.3) is 11.8 Å². The van der Waals surface area contributed by atoms with E-state index in [0.717, 1.165) is 55.7 Å². The fraction of sp³-hybridized carbons (Fsp3) is 0.488. The van der Waals surface area contributed by atoms with E-state index < -0.39 is 37.1 Å². The molecule has 5 aliphatic heterocycles. The van der Waals surface area contributed by atoms with Crippen molar-refractivity contribution in [2.75, 3.05) is 47.6 Å². The number of hydrogen-bond donors (Lipinski definition) is 2. The van der Waals surface area contributed by atoms with Crippen LogP contribution in [-0.4, -0.2) is 86.7 Å². The molecule has 0 saturated carbocycles. The van der Waals surface area contributed by atoms with Crippen molar-refractivity contribution in [3.8, 4) is 0 Å². The summed E-state index contributed by atoms with van der Waals surface area (Å²) in [6.45, 7) is 7.74. The van der Waals surface area contributed by atoms with E-state index in [-0.39, 0.29) is 43.3 Å². The molecule has 0 bridgehead atoms. The standard InChI is InChI=1S/C41H49ClFN5O5Si/c1-27-37(54(2,3)43)35(23-36(50)45-21-7-10-32(45)25-49)53-41(27)33-22-29(42)13-16-34(33)46(39(41)52)24-28-11-14-30(15-12-28)47-26-48(31-8-5-4-6-9-31)40(38(47)51)17-19-44-20-18-40/h4-6,8-9,11-16,22,27,32,35,37,44,49H,7,10,17-21,23-26H2,1-3H3/t27-,32-,35+,37-,41+/m0/s1. The van der Waals surface area contributed by atoms with Crippen LogP contribution in [0.3, 0.4) is 0 Å². The zero-order valence-corrected chi connectivity index (χ0v) is 32.9. The van der Waals surface area contributed by atoms with Crippen LogP contribution in [-0.2, 0) is 31.3 Å². The van der Waals surface area contributed by atoms with Crippen molar-refractivity contribution in [3.05, 3.63) is 88.9 Å². The minimum Gasteiger partial charge on any atom is -0.394 e. The van der Waals surface area contributed by atoms with Gasteiger partial charge in [-0.3, -0.25) is 19.3 Å². The van der Waals surface area contributed by atoms with E-state index in [1.54, 1.807) is 35.0 Å². The smallest absolute Gasteiger partial charge is 0.264 e. The molecule has 5 atom stereocenters. The van der Waals surface area contributed by atoms with Crippen molar-refractivity contribution in [2.45, 2.75) is 87.5 Å². The molecule has 4 fully saturated rings. The highest BCUT2D eigenvalue weighted by atomic mass is 35.5. The maximum atomic E-state index is 16.4. The van der Waals surface area contributed by atoms with Gasteiger partial charge in [-0.15, -0.1) is 0 Å². The third-order valence-electron chi connectivity index (χ3n) is 12.7. The fourth-order valence-electron chi connectivity index (χ4n) is 10.2. The van der Waals surface area contributed by atoms with Crippen molar-refractivity contribution < 1.29 is 28.3 Å². The Kier molecular flexibility index (Phi) is 9.65. The lowest BCUT2D eigenvalue weighted by molar-refractivity contribution is -0.150. The monoisotopic (exact) mass is 773 g/mol. The average Bonchev–Trinajstić information content (AvgIpc) is 3.89. The molecule has 10 nitrogen and oxygen atoms in total. The van der Waals surface area contributed by atoms with E-state index in [1.165, 1.54) is 0 Å². The summed E-state index contributed by atoms with van der Waals surface area (Å²) in [7, 11) is -3.49. The van der Waals surface area contributed by atoms with Gasteiger partial charge >= 0.3 is 0 Å². The molecule has 3 aromatic rings. The first kappa shape index (κ1) is 37.1. The summed E-state index contributed by atoms with van der Waals surface area (Å²) in [6, 6.07) is 22.9. The van der Waals surface area contributed by atoms with E-state index in [1.807, 2.05) is 60.4 Å². The predicted molar refractivity (Wildman–Crippen MR) is 210 cm³/mol. The number of likely N-dealkylation sites (tertiary alicyclic amines) is 1. The summed E-state index contributed by atoms with van der Waals surface area (Å²) in [5, 5.41) is 13.7. The number of amides is 3. The number of nitrogens with one attached hydrogen (secondary N) is 1. The number of piperidine rings is 1. The second-order valence-electron chi connectivity index (χ2n) is 16.2. The van der Waals surface area contributed by atoms with Crippen LogP contribution in [0, 0.1) is 5.92 Å². The van der Waals surface area contributed by atoms with Crippen molar-refractivity contribution in [2.24, 2.45) is 5.92 Å². The quantitative estimate of drug-likeness (QED) is 0.215. The number of fused-ring (bicyclic) bond motifs is 2. The molecular formula is C41H49ClFN5O5Si. The van der Waals surface area contributed by atoms with E-state index in [9.17, 15) is 19.5 Å². The Labute approximate surface area is 322 Å². The van der Waals surface area contributed by atoms with Crippen LogP contribution >= 0.6 is 11.6 Å². The van der Waals surface area contributed by atoms with Crippen LogP contribution in [0.15, 0.2) is 72.8 Å². The van der Waals surface area contributed by atoms with Crippen molar-refractivity contribution >= 4 is 54.8 Å². The third kappa shape index (κ3) is 5.96. The molecular weight excluding hydrogens is 725 g/mol. The Morgan fingerprint density at radius 1 is 1.02 bits per heavy atom. The Bertz CT molecular complexity index is 1920. The van der Waals surface area contributed by atoms with Gasteiger partial charge in [-0.25, -0.2) is 0 Å². The molecule has 54 heavy (non-hydrogen) atoms. The second-order valence-corrected chi connectivity index (χ2v) is 20.4. The van der Waals surface area contributed by atoms with Gasteiger partial charge in [0.15, 0.2) is 5.60 Å².